The first-order valence-corrected chi connectivity index (χ1v) is 4.45. The van der Waals surface area contributed by atoms with Crippen LogP contribution in [0.2, 0.25) is 0 Å². The van der Waals surface area contributed by atoms with Crippen molar-refractivity contribution in [3.63, 3.8) is 0 Å². The summed E-state index contributed by atoms with van der Waals surface area (Å²) >= 11 is 0. The number of hydrogen-bond donors (Lipinski definition) is 3. The molecule has 0 aliphatic carbocycles. The van der Waals surface area contributed by atoms with Gasteiger partial charge < -0.3 is 21.3 Å². The minimum atomic E-state index is -0.442. The Morgan fingerprint density at radius 1 is 1.43 bits per heavy atom. The molecule has 0 aromatic heterocycles. The average molecular weight is 196 g/mol. The Bertz CT molecular complexity index is 291. The number of aliphatic hydroxyl groups excluding tert-OH is 1. The molecule has 2 unspecified atom stereocenters. The SMILES string of the molecule is COc1cccc(C(N)C(N)CO)c1. The van der Waals surface area contributed by atoms with Crippen LogP contribution in [0.4, 0.5) is 0 Å². The first kappa shape index (κ1) is 11.0. The van der Waals surface area contributed by atoms with Crippen LogP contribution in [-0.2, 0) is 0 Å². The van der Waals surface area contributed by atoms with E-state index >= 15 is 0 Å². The van der Waals surface area contributed by atoms with E-state index in [1.165, 1.54) is 0 Å². The fraction of sp³-hybridized carbons (Fsp3) is 0.400. The highest BCUT2D eigenvalue weighted by molar-refractivity contribution is 5.31. The molecule has 4 nitrogen and oxygen atoms in total. The van der Waals surface area contributed by atoms with Crippen LogP contribution in [0.1, 0.15) is 11.6 Å². The van der Waals surface area contributed by atoms with Gasteiger partial charge in [-0.1, -0.05) is 12.1 Å². The fourth-order valence-electron chi connectivity index (χ4n) is 1.21. The summed E-state index contributed by atoms with van der Waals surface area (Å²) in [7, 11) is 1.59. The van der Waals surface area contributed by atoms with E-state index in [9.17, 15) is 0 Å². The van der Waals surface area contributed by atoms with Gasteiger partial charge in [-0.2, -0.15) is 0 Å². The van der Waals surface area contributed by atoms with Gasteiger partial charge in [-0.3, -0.25) is 0 Å². The lowest BCUT2D eigenvalue weighted by Gasteiger charge is -2.18. The number of methoxy groups -OCH3 is 1. The Morgan fingerprint density at radius 3 is 2.71 bits per heavy atom. The van der Waals surface area contributed by atoms with Gasteiger partial charge in [0.05, 0.1) is 13.7 Å². The lowest BCUT2D eigenvalue weighted by molar-refractivity contribution is 0.249. The molecule has 0 saturated carbocycles. The Hall–Kier alpha value is -1.10. The Labute approximate surface area is 83.5 Å². The average Bonchev–Trinajstić information content (AvgIpc) is 2.27. The number of hydrogen-bond acceptors (Lipinski definition) is 4. The highest BCUT2D eigenvalue weighted by Gasteiger charge is 2.14. The van der Waals surface area contributed by atoms with Crippen molar-refractivity contribution in [3.05, 3.63) is 29.8 Å². The second-order valence-corrected chi connectivity index (χ2v) is 3.15. The van der Waals surface area contributed by atoms with Gasteiger partial charge >= 0.3 is 0 Å². The molecule has 14 heavy (non-hydrogen) atoms. The van der Waals surface area contributed by atoms with Crippen LogP contribution in [-0.4, -0.2) is 24.9 Å². The molecule has 0 bridgehead atoms. The minimum Gasteiger partial charge on any atom is -0.497 e. The summed E-state index contributed by atoms with van der Waals surface area (Å²) in [4.78, 5) is 0. The molecular weight excluding hydrogens is 180 g/mol. The molecule has 0 fully saturated rings. The predicted octanol–water partition coefficient (Wildman–Crippen LogP) is 0.0146. The van der Waals surface area contributed by atoms with Crippen LogP contribution in [0.5, 0.6) is 5.75 Å². The van der Waals surface area contributed by atoms with Crippen LogP contribution >= 0.6 is 0 Å². The third-order valence-electron chi connectivity index (χ3n) is 2.15. The van der Waals surface area contributed by atoms with E-state index in [0.717, 1.165) is 11.3 Å². The van der Waals surface area contributed by atoms with E-state index in [2.05, 4.69) is 0 Å². The van der Waals surface area contributed by atoms with Crippen molar-refractivity contribution in [1.29, 1.82) is 0 Å². The molecule has 0 aliphatic rings. The molecule has 0 aliphatic heterocycles. The molecule has 4 heteroatoms. The molecule has 0 spiro atoms. The van der Waals surface area contributed by atoms with Crippen molar-refractivity contribution >= 4 is 0 Å². The Balaban J connectivity index is 2.83. The normalized spacial score (nSPS) is 14.9. The van der Waals surface area contributed by atoms with Crippen LogP contribution in [0.3, 0.4) is 0 Å². The van der Waals surface area contributed by atoms with Crippen molar-refractivity contribution in [2.75, 3.05) is 13.7 Å². The zero-order valence-electron chi connectivity index (χ0n) is 8.18. The zero-order valence-corrected chi connectivity index (χ0v) is 8.18. The van der Waals surface area contributed by atoms with Crippen molar-refractivity contribution < 1.29 is 9.84 Å². The van der Waals surface area contributed by atoms with E-state index < -0.39 is 6.04 Å². The summed E-state index contributed by atoms with van der Waals surface area (Å²) in [5.41, 5.74) is 12.3. The third kappa shape index (κ3) is 2.45. The summed E-state index contributed by atoms with van der Waals surface area (Å²) in [6.07, 6.45) is 0. The molecule has 1 rings (SSSR count). The van der Waals surface area contributed by atoms with Crippen LogP contribution < -0.4 is 16.2 Å². The van der Waals surface area contributed by atoms with Crippen molar-refractivity contribution in [2.45, 2.75) is 12.1 Å². The number of rotatable bonds is 4. The van der Waals surface area contributed by atoms with Gasteiger partial charge in [0.25, 0.3) is 0 Å². The van der Waals surface area contributed by atoms with E-state index in [4.69, 9.17) is 21.3 Å². The smallest absolute Gasteiger partial charge is 0.119 e. The van der Waals surface area contributed by atoms with E-state index in [-0.39, 0.29) is 12.6 Å². The first-order chi connectivity index (χ1) is 6.69. The van der Waals surface area contributed by atoms with Crippen LogP contribution in [0.15, 0.2) is 24.3 Å². The fourth-order valence-corrected chi connectivity index (χ4v) is 1.21. The molecule has 1 aromatic carbocycles. The van der Waals surface area contributed by atoms with Gasteiger partial charge in [0.15, 0.2) is 0 Å². The number of benzene rings is 1. The second kappa shape index (κ2) is 4.95. The number of ether oxygens (including phenoxy) is 1. The Kier molecular flexibility index (Phi) is 3.88. The topological polar surface area (TPSA) is 81.5 Å². The lowest BCUT2D eigenvalue weighted by atomic mass is 10.0. The predicted molar refractivity (Wildman–Crippen MR) is 55.0 cm³/mol. The molecule has 0 radical (unpaired) electrons. The monoisotopic (exact) mass is 196 g/mol. The van der Waals surface area contributed by atoms with Crippen LogP contribution in [0, 0.1) is 0 Å². The van der Waals surface area contributed by atoms with Gasteiger partial charge in [0.1, 0.15) is 5.75 Å². The maximum absolute atomic E-state index is 8.86. The zero-order chi connectivity index (χ0) is 10.6. The standard InChI is InChI=1S/C10H16N2O2/c1-14-8-4-2-3-7(5-8)10(12)9(11)6-13/h2-5,9-10,13H,6,11-12H2,1H3. The number of aliphatic hydroxyl groups is 1. The number of nitrogens with two attached hydrogens (primary N) is 2. The van der Waals surface area contributed by atoms with Gasteiger partial charge in [0, 0.05) is 12.1 Å². The quantitative estimate of drug-likeness (QED) is 0.634. The minimum absolute atomic E-state index is 0.127. The molecule has 0 heterocycles. The molecule has 5 N–H and O–H groups in total. The van der Waals surface area contributed by atoms with Gasteiger partial charge in [-0.15, -0.1) is 0 Å². The van der Waals surface area contributed by atoms with E-state index in [1.807, 2.05) is 24.3 Å². The third-order valence-corrected chi connectivity index (χ3v) is 2.15. The molecule has 2 atom stereocenters. The van der Waals surface area contributed by atoms with Gasteiger partial charge in [-0.25, -0.2) is 0 Å². The van der Waals surface area contributed by atoms with Crippen molar-refractivity contribution in [1.82, 2.24) is 0 Å². The maximum atomic E-state index is 8.86. The summed E-state index contributed by atoms with van der Waals surface area (Å²) in [6, 6.07) is 6.55. The van der Waals surface area contributed by atoms with E-state index in [0.29, 0.717) is 0 Å². The Morgan fingerprint density at radius 2 is 2.14 bits per heavy atom. The van der Waals surface area contributed by atoms with Gasteiger partial charge in [0.2, 0.25) is 0 Å². The van der Waals surface area contributed by atoms with Crippen LogP contribution in [0.25, 0.3) is 0 Å². The molecular formula is C10H16N2O2. The summed E-state index contributed by atoms with van der Waals surface area (Å²) in [5.74, 6) is 0.739. The lowest BCUT2D eigenvalue weighted by Crippen LogP contribution is -2.37. The van der Waals surface area contributed by atoms with E-state index in [1.54, 1.807) is 7.11 Å². The molecule has 0 saturated heterocycles. The highest BCUT2D eigenvalue weighted by Crippen LogP contribution is 2.18. The largest absolute Gasteiger partial charge is 0.497 e. The second-order valence-electron chi connectivity index (χ2n) is 3.15. The maximum Gasteiger partial charge on any atom is 0.119 e. The molecule has 0 amide bonds. The summed E-state index contributed by atoms with van der Waals surface area (Å²) < 4.78 is 5.06. The van der Waals surface area contributed by atoms with Gasteiger partial charge in [-0.05, 0) is 17.7 Å². The molecule has 1 aromatic rings. The summed E-state index contributed by atoms with van der Waals surface area (Å²) in [6.45, 7) is -0.127. The highest BCUT2D eigenvalue weighted by atomic mass is 16.5. The summed E-state index contributed by atoms with van der Waals surface area (Å²) in [5, 5.41) is 8.86. The molecule has 78 valence electrons. The first-order valence-electron chi connectivity index (χ1n) is 4.45. The van der Waals surface area contributed by atoms with Crippen molar-refractivity contribution in [2.24, 2.45) is 11.5 Å². The van der Waals surface area contributed by atoms with Crippen molar-refractivity contribution in [3.8, 4) is 5.75 Å².